The third-order valence-electron chi connectivity index (χ3n) is 2.81. The van der Waals surface area contributed by atoms with E-state index in [0.29, 0.717) is 6.42 Å². The second-order valence-electron chi connectivity index (χ2n) is 4.18. The van der Waals surface area contributed by atoms with Crippen LogP contribution in [0.1, 0.15) is 18.1 Å². The summed E-state index contributed by atoms with van der Waals surface area (Å²) in [5.41, 5.74) is 7.62. The standard InChI is InChI=1S/C12H15NO3/c1-7-5-9-8(6-10(13)12(14)15)3-2-4-11(9)16-7/h2-4,7,10H,5-6,13H2,1H3,(H,14,15). The van der Waals surface area contributed by atoms with Gasteiger partial charge in [0.25, 0.3) is 0 Å². The lowest BCUT2D eigenvalue weighted by Crippen LogP contribution is -2.32. The molecule has 3 N–H and O–H groups in total. The molecule has 0 saturated heterocycles. The summed E-state index contributed by atoms with van der Waals surface area (Å²) in [6, 6.07) is 4.86. The number of nitrogens with two attached hydrogens (primary N) is 1. The van der Waals surface area contributed by atoms with Crippen molar-refractivity contribution in [2.24, 2.45) is 5.73 Å². The molecule has 4 nitrogen and oxygen atoms in total. The molecule has 2 unspecified atom stereocenters. The molecule has 4 heteroatoms. The van der Waals surface area contributed by atoms with Crippen LogP contribution in [0.25, 0.3) is 0 Å². The van der Waals surface area contributed by atoms with Gasteiger partial charge >= 0.3 is 5.97 Å². The highest BCUT2D eigenvalue weighted by atomic mass is 16.5. The van der Waals surface area contributed by atoms with E-state index < -0.39 is 12.0 Å². The number of hydrogen-bond donors (Lipinski definition) is 2. The van der Waals surface area contributed by atoms with Crippen molar-refractivity contribution in [1.29, 1.82) is 0 Å². The molecular weight excluding hydrogens is 206 g/mol. The maximum absolute atomic E-state index is 10.7. The lowest BCUT2D eigenvalue weighted by atomic mass is 9.98. The summed E-state index contributed by atoms with van der Waals surface area (Å²) in [4.78, 5) is 10.7. The van der Waals surface area contributed by atoms with Gasteiger partial charge in [0, 0.05) is 12.0 Å². The van der Waals surface area contributed by atoms with Crippen LogP contribution in [0.15, 0.2) is 18.2 Å². The molecule has 0 aliphatic carbocycles. The van der Waals surface area contributed by atoms with Crippen LogP contribution < -0.4 is 10.5 Å². The number of aliphatic carboxylic acids is 1. The van der Waals surface area contributed by atoms with Gasteiger partial charge in [0.2, 0.25) is 0 Å². The molecule has 2 atom stereocenters. The Morgan fingerprint density at radius 2 is 2.44 bits per heavy atom. The SMILES string of the molecule is CC1Cc2c(CC(N)C(=O)O)cccc2O1. The van der Waals surface area contributed by atoms with Gasteiger partial charge in [-0.15, -0.1) is 0 Å². The van der Waals surface area contributed by atoms with E-state index in [1.165, 1.54) is 0 Å². The number of rotatable bonds is 3. The van der Waals surface area contributed by atoms with Crippen LogP contribution in [0.4, 0.5) is 0 Å². The zero-order chi connectivity index (χ0) is 11.7. The summed E-state index contributed by atoms with van der Waals surface area (Å²) >= 11 is 0. The lowest BCUT2D eigenvalue weighted by Gasteiger charge is -2.09. The van der Waals surface area contributed by atoms with E-state index in [0.717, 1.165) is 23.3 Å². The molecule has 1 aliphatic rings. The van der Waals surface area contributed by atoms with E-state index in [1.807, 2.05) is 25.1 Å². The van der Waals surface area contributed by atoms with E-state index in [2.05, 4.69) is 0 Å². The summed E-state index contributed by atoms with van der Waals surface area (Å²) in [5, 5.41) is 8.79. The number of benzene rings is 1. The minimum absolute atomic E-state index is 0.164. The molecule has 0 saturated carbocycles. The molecule has 1 aromatic carbocycles. The van der Waals surface area contributed by atoms with Crippen LogP contribution in [0.5, 0.6) is 5.75 Å². The summed E-state index contributed by atoms with van der Waals surface area (Å²) < 4.78 is 5.60. The fraction of sp³-hybridized carbons (Fsp3) is 0.417. The van der Waals surface area contributed by atoms with Gasteiger partial charge in [-0.2, -0.15) is 0 Å². The van der Waals surface area contributed by atoms with Crippen LogP contribution in [0.2, 0.25) is 0 Å². The van der Waals surface area contributed by atoms with Crippen LogP contribution in [0.3, 0.4) is 0 Å². The monoisotopic (exact) mass is 221 g/mol. The third kappa shape index (κ3) is 2.02. The second kappa shape index (κ2) is 4.14. The Kier molecular flexibility index (Phi) is 2.83. The summed E-state index contributed by atoms with van der Waals surface area (Å²) in [6.45, 7) is 2.00. The molecule has 0 spiro atoms. The second-order valence-corrected chi connectivity index (χ2v) is 4.18. The van der Waals surface area contributed by atoms with Crippen LogP contribution >= 0.6 is 0 Å². The lowest BCUT2D eigenvalue weighted by molar-refractivity contribution is -0.138. The molecule has 86 valence electrons. The zero-order valence-electron chi connectivity index (χ0n) is 9.14. The van der Waals surface area contributed by atoms with Crippen molar-refractivity contribution in [1.82, 2.24) is 0 Å². The molecule has 0 fully saturated rings. The predicted octanol–water partition coefficient (Wildman–Crippen LogP) is 0.964. The highest BCUT2D eigenvalue weighted by Gasteiger charge is 2.23. The fourth-order valence-electron chi connectivity index (χ4n) is 2.01. The van der Waals surface area contributed by atoms with Crippen molar-refractivity contribution in [3.8, 4) is 5.75 Å². The molecule has 2 rings (SSSR count). The van der Waals surface area contributed by atoms with Gasteiger partial charge in [0.1, 0.15) is 17.9 Å². The van der Waals surface area contributed by atoms with Gasteiger partial charge in [-0.05, 0) is 25.0 Å². The molecule has 0 bridgehead atoms. The number of fused-ring (bicyclic) bond motifs is 1. The van der Waals surface area contributed by atoms with Gasteiger partial charge in [0.05, 0.1) is 0 Å². The average Bonchev–Trinajstić information content (AvgIpc) is 2.59. The molecule has 16 heavy (non-hydrogen) atoms. The first-order valence-electron chi connectivity index (χ1n) is 5.33. The predicted molar refractivity (Wildman–Crippen MR) is 59.6 cm³/mol. The highest BCUT2D eigenvalue weighted by Crippen LogP contribution is 2.31. The van der Waals surface area contributed by atoms with Crippen molar-refractivity contribution in [3.63, 3.8) is 0 Å². The van der Waals surface area contributed by atoms with E-state index >= 15 is 0 Å². The van der Waals surface area contributed by atoms with Gasteiger partial charge in [-0.1, -0.05) is 12.1 Å². The van der Waals surface area contributed by atoms with Gasteiger partial charge < -0.3 is 15.6 Å². The van der Waals surface area contributed by atoms with E-state index in [1.54, 1.807) is 0 Å². The van der Waals surface area contributed by atoms with E-state index in [4.69, 9.17) is 15.6 Å². The quantitative estimate of drug-likeness (QED) is 0.797. The van der Waals surface area contributed by atoms with E-state index in [9.17, 15) is 4.79 Å². The maximum Gasteiger partial charge on any atom is 0.320 e. The number of ether oxygens (including phenoxy) is 1. The molecule has 0 amide bonds. The first kappa shape index (κ1) is 11.0. The van der Waals surface area contributed by atoms with Crippen molar-refractivity contribution in [3.05, 3.63) is 29.3 Å². The molecule has 0 radical (unpaired) electrons. The highest BCUT2D eigenvalue weighted by molar-refractivity contribution is 5.73. The first-order chi connectivity index (χ1) is 7.58. The molecule has 1 heterocycles. The number of hydrogen-bond acceptors (Lipinski definition) is 3. The fourth-order valence-corrected chi connectivity index (χ4v) is 2.01. The number of carboxylic acid groups (broad SMARTS) is 1. The molecule has 0 aromatic heterocycles. The molecule has 1 aliphatic heterocycles. The average molecular weight is 221 g/mol. The Labute approximate surface area is 94.0 Å². The molecule has 1 aromatic rings. The Balaban J connectivity index is 2.23. The Bertz CT molecular complexity index is 417. The van der Waals surface area contributed by atoms with Crippen LogP contribution in [-0.4, -0.2) is 23.2 Å². The smallest absolute Gasteiger partial charge is 0.320 e. The largest absolute Gasteiger partial charge is 0.490 e. The topological polar surface area (TPSA) is 72.6 Å². The summed E-state index contributed by atoms with van der Waals surface area (Å²) in [5.74, 6) is -0.104. The van der Waals surface area contributed by atoms with Gasteiger partial charge in [0.15, 0.2) is 0 Å². The number of carboxylic acids is 1. The van der Waals surface area contributed by atoms with Crippen LogP contribution in [-0.2, 0) is 17.6 Å². The minimum Gasteiger partial charge on any atom is -0.490 e. The zero-order valence-corrected chi connectivity index (χ0v) is 9.14. The van der Waals surface area contributed by atoms with Crippen molar-refractivity contribution < 1.29 is 14.6 Å². The van der Waals surface area contributed by atoms with Crippen LogP contribution in [0, 0.1) is 0 Å². The summed E-state index contributed by atoms with van der Waals surface area (Å²) in [7, 11) is 0. The van der Waals surface area contributed by atoms with E-state index in [-0.39, 0.29) is 6.10 Å². The maximum atomic E-state index is 10.7. The summed E-state index contributed by atoms with van der Waals surface area (Å²) in [6.07, 6.45) is 1.35. The Morgan fingerprint density at radius 3 is 3.12 bits per heavy atom. The van der Waals surface area contributed by atoms with Gasteiger partial charge in [-0.25, -0.2) is 0 Å². The Hall–Kier alpha value is -1.55. The van der Waals surface area contributed by atoms with Crippen molar-refractivity contribution in [2.75, 3.05) is 0 Å². The number of carbonyl (C=O) groups is 1. The van der Waals surface area contributed by atoms with Crippen molar-refractivity contribution in [2.45, 2.75) is 31.9 Å². The Morgan fingerprint density at radius 1 is 1.69 bits per heavy atom. The first-order valence-corrected chi connectivity index (χ1v) is 5.33. The molecular formula is C12H15NO3. The third-order valence-corrected chi connectivity index (χ3v) is 2.81. The van der Waals surface area contributed by atoms with Crippen molar-refractivity contribution >= 4 is 5.97 Å². The minimum atomic E-state index is -0.968. The normalized spacial score (nSPS) is 20.0. The van der Waals surface area contributed by atoms with Gasteiger partial charge in [-0.3, -0.25) is 4.79 Å².